The molecule has 14 heavy (non-hydrogen) atoms. The van der Waals surface area contributed by atoms with Gasteiger partial charge in [-0.25, -0.2) is 0 Å². The second-order valence-corrected chi connectivity index (χ2v) is 5.73. The maximum atomic E-state index is 4.89. The van der Waals surface area contributed by atoms with Crippen LogP contribution in [-0.2, 0) is 17.0 Å². The quantitative estimate of drug-likeness (QED) is 0.627. The molecule has 1 radical (unpaired) electrons. The van der Waals surface area contributed by atoms with Gasteiger partial charge in [-0.15, -0.1) is 0 Å². The molecule has 0 unspecified atom stereocenters. The van der Waals surface area contributed by atoms with Crippen LogP contribution in [-0.4, -0.2) is 0 Å². The molecule has 1 aliphatic carbocycles. The van der Waals surface area contributed by atoms with Crippen molar-refractivity contribution in [2.45, 2.75) is 39.5 Å². The number of hydrogen-bond acceptors (Lipinski definition) is 0. The number of halogens is 2. The van der Waals surface area contributed by atoms with Crippen molar-refractivity contribution < 1.29 is 17.0 Å². The summed E-state index contributed by atoms with van der Waals surface area (Å²) in [6, 6.07) is 0. The summed E-state index contributed by atoms with van der Waals surface area (Å²) in [5, 5.41) is 0. The van der Waals surface area contributed by atoms with Gasteiger partial charge in [0, 0.05) is 6.42 Å². The van der Waals surface area contributed by atoms with Crippen LogP contribution >= 0.6 is 18.6 Å². The summed E-state index contributed by atoms with van der Waals surface area (Å²) in [4.78, 5) is 0. The maximum absolute atomic E-state index is 4.89. The fourth-order valence-corrected chi connectivity index (χ4v) is 1.52. The Morgan fingerprint density at radius 1 is 1.07 bits per heavy atom. The number of hydrogen-bond donors (Lipinski definition) is 0. The molecule has 0 fully saturated rings. The van der Waals surface area contributed by atoms with Crippen LogP contribution in [0.4, 0.5) is 0 Å². The van der Waals surface area contributed by atoms with Crippen LogP contribution in [0.25, 0.3) is 0 Å². The van der Waals surface area contributed by atoms with E-state index < -0.39 is 17.0 Å². The fourth-order valence-electron chi connectivity index (χ4n) is 1.52. The summed E-state index contributed by atoms with van der Waals surface area (Å²) < 4.78 is 0. The molecule has 0 aromatic carbocycles. The van der Waals surface area contributed by atoms with E-state index in [1.807, 2.05) is 0 Å². The zero-order valence-corrected chi connectivity index (χ0v) is 11.9. The minimum absolute atomic E-state index is 0.556. The van der Waals surface area contributed by atoms with Gasteiger partial charge in [0.1, 0.15) is 0 Å². The normalized spacial score (nSPS) is 14.0. The molecule has 0 atom stereocenters. The molecule has 0 nitrogen and oxygen atoms in total. The first-order valence-electron chi connectivity index (χ1n) is 4.99. The zero-order chi connectivity index (χ0) is 10.8. The third-order valence-corrected chi connectivity index (χ3v) is 2.05. The third kappa shape index (κ3) is 6.29. The van der Waals surface area contributed by atoms with E-state index in [1.54, 1.807) is 11.1 Å². The van der Waals surface area contributed by atoms with Crippen molar-refractivity contribution >= 4 is 18.6 Å². The van der Waals surface area contributed by atoms with Crippen LogP contribution in [0.5, 0.6) is 0 Å². The van der Waals surface area contributed by atoms with Crippen molar-refractivity contribution in [3.05, 3.63) is 29.7 Å². The van der Waals surface area contributed by atoms with Crippen LogP contribution in [0, 0.1) is 6.42 Å². The van der Waals surface area contributed by atoms with Gasteiger partial charge in [-0.2, -0.15) is 0 Å². The molecule has 0 N–H and O–H groups in total. The van der Waals surface area contributed by atoms with Gasteiger partial charge in [0.05, 0.1) is 0 Å². The molecular weight excluding hydrogens is 251 g/mol. The summed E-state index contributed by atoms with van der Waals surface area (Å²) in [5.74, 6) is 0. The Kier molecular flexibility index (Phi) is 10.9. The van der Waals surface area contributed by atoms with Gasteiger partial charge in [-0.05, 0) is 18.4 Å². The van der Waals surface area contributed by atoms with E-state index >= 15 is 0 Å². The molecule has 79 valence electrons. The Balaban J connectivity index is 0.000000500. The third-order valence-electron chi connectivity index (χ3n) is 2.05. The summed E-state index contributed by atoms with van der Waals surface area (Å²) in [7, 11) is 9.78. The van der Waals surface area contributed by atoms with Crippen LogP contribution < -0.4 is 0 Å². The first-order valence-corrected chi connectivity index (χ1v) is 9.29. The van der Waals surface area contributed by atoms with Gasteiger partial charge in [0.25, 0.3) is 0 Å². The topological polar surface area (TPSA) is 0 Å². The number of allylic oxidation sites excluding steroid dienone is 4. The van der Waals surface area contributed by atoms with Crippen LogP contribution in [0.3, 0.4) is 0 Å². The molecule has 0 saturated heterocycles. The Labute approximate surface area is 104 Å². The van der Waals surface area contributed by atoms with Crippen molar-refractivity contribution in [1.82, 2.24) is 0 Å². The van der Waals surface area contributed by atoms with Crippen LogP contribution in [0.1, 0.15) is 39.5 Å². The van der Waals surface area contributed by atoms with Gasteiger partial charge in [0.15, 0.2) is 0 Å². The van der Waals surface area contributed by atoms with E-state index in [9.17, 15) is 0 Å². The van der Waals surface area contributed by atoms with Crippen molar-refractivity contribution in [3.63, 3.8) is 0 Å². The van der Waals surface area contributed by atoms with Gasteiger partial charge in [-0.1, -0.05) is 44.4 Å². The Morgan fingerprint density at radius 3 is 2.07 bits per heavy atom. The summed E-state index contributed by atoms with van der Waals surface area (Å²) >= 11 is -0.556. The Hall–Kier alpha value is 0.774. The molecule has 0 spiro atoms. The molecule has 1 rings (SSSR count). The predicted molar refractivity (Wildman–Crippen MR) is 62.0 cm³/mol. The van der Waals surface area contributed by atoms with Gasteiger partial charge in [0.2, 0.25) is 0 Å². The van der Waals surface area contributed by atoms with E-state index in [0.29, 0.717) is 0 Å². The molecule has 0 heterocycles. The van der Waals surface area contributed by atoms with Crippen molar-refractivity contribution in [2.24, 2.45) is 0 Å². The minimum atomic E-state index is -0.556. The van der Waals surface area contributed by atoms with Crippen LogP contribution in [0.15, 0.2) is 23.3 Å². The molecule has 1 aliphatic rings. The van der Waals surface area contributed by atoms with Crippen LogP contribution in [0.2, 0.25) is 0 Å². The van der Waals surface area contributed by atoms with E-state index in [4.69, 9.17) is 18.6 Å². The Morgan fingerprint density at radius 2 is 1.57 bits per heavy atom. The zero-order valence-electron chi connectivity index (χ0n) is 8.82. The van der Waals surface area contributed by atoms with Crippen molar-refractivity contribution in [1.29, 1.82) is 0 Å². The van der Waals surface area contributed by atoms with Gasteiger partial charge < -0.3 is 0 Å². The molecule has 0 amide bonds. The molecule has 0 aromatic heterocycles. The SMILES string of the molecule is CCCC1=C(CCC)C=C[CH]1.[Cl][Ti][Cl]. The average molecular weight is 268 g/mol. The first kappa shape index (κ1) is 14.8. The molecular formula is C11H17Cl2Ti. The monoisotopic (exact) mass is 267 g/mol. The molecule has 0 aromatic rings. The summed E-state index contributed by atoms with van der Waals surface area (Å²) in [6.45, 7) is 4.48. The second-order valence-electron chi connectivity index (χ2n) is 3.15. The average Bonchev–Trinajstić information content (AvgIpc) is 2.56. The van der Waals surface area contributed by atoms with E-state index in [0.717, 1.165) is 0 Å². The van der Waals surface area contributed by atoms with E-state index in [-0.39, 0.29) is 0 Å². The summed E-state index contributed by atoms with van der Waals surface area (Å²) in [5.41, 5.74) is 3.13. The van der Waals surface area contributed by atoms with E-state index in [1.165, 1.54) is 25.7 Å². The van der Waals surface area contributed by atoms with Gasteiger partial charge >= 0.3 is 35.6 Å². The predicted octanol–water partition coefficient (Wildman–Crippen LogP) is 5.03. The summed E-state index contributed by atoms with van der Waals surface area (Å²) in [6.07, 6.45) is 11.7. The van der Waals surface area contributed by atoms with E-state index in [2.05, 4.69) is 32.4 Å². The van der Waals surface area contributed by atoms with Gasteiger partial charge in [-0.3, -0.25) is 0 Å². The molecule has 0 bridgehead atoms. The van der Waals surface area contributed by atoms with Crippen molar-refractivity contribution in [2.75, 3.05) is 0 Å². The molecule has 3 heteroatoms. The molecule has 0 saturated carbocycles. The number of rotatable bonds is 4. The van der Waals surface area contributed by atoms with Crippen molar-refractivity contribution in [3.8, 4) is 0 Å². The molecule has 0 aliphatic heterocycles. The second kappa shape index (κ2) is 10.3. The standard InChI is InChI=1S/C11H17.2ClH.Ti/c1-3-6-10-8-5-9-11(10)7-4-2;;;/h5,8-9H,3-4,6-7H2,1-2H3;2*1H;/q;;;+2/p-2. The first-order chi connectivity index (χ1) is 6.79. The Bertz CT molecular complexity index is 197. The fraction of sp³-hybridized carbons (Fsp3) is 0.545.